The number of likely N-dealkylation sites (tertiary alicyclic amines) is 1. The van der Waals surface area contributed by atoms with Gasteiger partial charge in [-0.2, -0.15) is 0 Å². The number of allylic oxidation sites excluding steroid dienone is 2. The van der Waals surface area contributed by atoms with E-state index in [1.165, 1.54) is 7.11 Å². The minimum atomic E-state index is -0.798. The number of carbonyl (C=O) groups excluding carboxylic acids is 2. The average Bonchev–Trinajstić information content (AvgIpc) is 3.48. The number of aliphatic hydroxyl groups excluding tert-OH is 1. The second-order valence-corrected chi connectivity index (χ2v) is 9.01. The van der Waals surface area contributed by atoms with Crippen LogP contribution in [-0.4, -0.2) is 46.2 Å². The van der Waals surface area contributed by atoms with E-state index in [1.807, 2.05) is 12.1 Å². The summed E-state index contributed by atoms with van der Waals surface area (Å²) in [6.45, 7) is 0.184. The number of rotatable bonds is 4. The van der Waals surface area contributed by atoms with Gasteiger partial charge in [0, 0.05) is 42.2 Å². The van der Waals surface area contributed by atoms with Crippen LogP contribution in [0.1, 0.15) is 55.8 Å². The number of amides is 1. The first-order chi connectivity index (χ1) is 14.6. The van der Waals surface area contributed by atoms with E-state index in [2.05, 4.69) is 6.08 Å². The lowest BCUT2D eigenvalue weighted by Crippen LogP contribution is -2.47. The van der Waals surface area contributed by atoms with Crippen LogP contribution in [-0.2, 0) is 20.9 Å². The third-order valence-corrected chi connectivity index (χ3v) is 7.34. The van der Waals surface area contributed by atoms with Crippen molar-refractivity contribution in [2.24, 2.45) is 17.8 Å². The molecular weight excluding hydrogens is 384 g/mol. The maximum atomic E-state index is 13.3. The summed E-state index contributed by atoms with van der Waals surface area (Å²) in [7, 11) is 1.31. The molecule has 2 aliphatic carbocycles. The number of hydrogen-bond donors (Lipinski definition) is 1. The Hall–Kier alpha value is -2.41. The van der Waals surface area contributed by atoms with Gasteiger partial charge in [0.05, 0.1) is 13.2 Å². The number of hydrogen-bond acceptors (Lipinski definition) is 5. The number of nitrogens with zero attached hydrogens (tertiary/aromatic N) is 2. The van der Waals surface area contributed by atoms with Crippen molar-refractivity contribution >= 4 is 17.4 Å². The molecule has 1 saturated carbocycles. The Balaban J connectivity index is 1.59. The molecule has 2 aliphatic heterocycles. The predicted molar refractivity (Wildman–Crippen MR) is 109 cm³/mol. The van der Waals surface area contributed by atoms with Gasteiger partial charge in [0.2, 0.25) is 5.91 Å². The van der Waals surface area contributed by atoms with Crippen molar-refractivity contribution in [1.82, 2.24) is 9.47 Å². The van der Waals surface area contributed by atoms with E-state index < -0.39 is 17.9 Å². The molecule has 30 heavy (non-hydrogen) atoms. The Morgan fingerprint density at radius 3 is 2.67 bits per heavy atom. The van der Waals surface area contributed by atoms with Gasteiger partial charge in [-0.15, -0.1) is 0 Å². The Morgan fingerprint density at radius 2 is 2.03 bits per heavy atom. The fourth-order valence-corrected chi connectivity index (χ4v) is 5.69. The van der Waals surface area contributed by atoms with Crippen LogP contribution in [0.2, 0.25) is 0 Å². The van der Waals surface area contributed by atoms with Gasteiger partial charge in [0.25, 0.3) is 5.56 Å². The summed E-state index contributed by atoms with van der Waals surface area (Å²) in [6, 6.07) is 2.65. The van der Waals surface area contributed by atoms with Crippen LogP contribution in [0.25, 0.3) is 5.57 Å². The van der Waals surface area contributed by atoms with Crippen LogP contribution in [0.4, 0.5) is 0 Å². The van der Waals surface area contributed by atoms with E-state index in [1.54, 1.807) is 9.47 Å². The van der Waals surface area contributed by atoms with Gasteiger partial charge in [-0.25, -0.2) is 4.79 Å². The monoisotopic (exact) mass is 412 g/mol. The van der Waals surface area contributed by atoms with Gasteiger partial charge in [-0.05, 0) is 56.2 Å². The number of aliphatic hydroxyl groups is 1. The van der Waals surface area contributed by atoms with E-state index in [-0.39, 0.29) is 36.0 Å². The third kappa shape index (κ3) is 2.86. The molecule has 7 nitrogen and oxygen atoms in total. The summed E-state index contributed by atoms with van der Waals surface area (Å²) >= 11 is 0. The molecule has 1 amide bonds. The fourth-order valence-electron chi connectivity index (χ4n) is 5.69. The summed E-state index contributed by atoms with van der Waals surface area (Å²) in [5, 5.41) is 10.1. The van der Waals surface area contributed by atoms with Crippen molar-refractivity contribution in [2.75, 3.05) is 13.7 Å². The zero-order chi connectivity index (χ0) is 21.0. The zero-order valence-electron chi connectivity index (χ0n) is 17.3. The highest BCUT2D eigenvalue weighted by Gasteiger charge is 2.59. The molecule has 0 aromatic carbocycles. The van der Waals surface area contributed by atoms with E-state index in [0.717, 1.165) is 55.4 Å². The molecule has 2 fully saturated rings. The summed E-state index contributed by atoms with van der Waals surface area (Å²) < 4.78 is 6.77. The lowest BCUT2D eigenvalue weighted by Gasteiger charge is -2.30. The molecule has 0 bridgehead atoms. The summed E-state index contributed by atoms with van der Waals surface area (Å²) in [6.07, 6.45) is 7.97. The Bertz CT molecular complexity index is 976. The number of methoxy groups -OCH3 is 1. The van der Waals surface area contributed by atoms with Crippen LogP contribution in [0.5, 0.6) is 0 Å². The maximum absolute atomic E-state index is 13.3. The van der Waals surface area contributed by atoms with Crippen molar-refractivity contribution < 1.29 is 19.4 Å². The van der Waals surface area contributed by atoms with E-state index in [4.69, 9.17) is 4.74 Å². The van der Waals surface area contributed by atoms with Gasteiger partial charge in [0.15, 0.2) is 0 Å². The van der Waals surface area contributed by atoms with Crippen LogP contribution in [0.15, 0.2) is 23.0 Å². The quantitative estimate of drug-likeness (QED) is 0.763. The Morgan fingerprint density at radius 1 is 1.23 bits per heavy atom. The number of esters is 1. The molecule has 0 unspecified atom stereocenters. The molecule has 4 atom stereocenters. The van der Waals surface area contributed by atoms with Crippen LogP contribution < -0.4 is 5.56 Å². The third-order valence-electron chi connectivity index (χ3n) is 7.34. The molecule has 4 aliphatic rings. The number of carbonyl (C=O) groups is 2. The highest BCUT2D eigenvalue weighted by atomic mass is 16.5. The molecule has 3 heterocycles. The highest BCUT2D eigenvalue weighted by molar-refractivity contribution is 5.88. The SMILES string of the molecule is COC(=O)[C@@H]1[C@@H](CO)[C@@H]2Cn3c(ccc(C4=CCCCC4)c3=O)[C@@H]2N1C(=O)C1CC1. The predicted octanol–water partition coefficient (Wildman–Crippen LogP) is 1.88. The van der Waals surface area contributed by atoms with E-state index in [9.17, 15) is 19.5 Å². The highest BCUT2D eigenvalue weighted by Crippen LogP contribution is 2.51. The maximum Gasteiger partial charge on any atom is 0.328 e. The molecule has 0 radical (unpaired) electrons. The first-order valence-corrected chi connectivity index (χ1v) is 11.0. The second-order valence-electron chi connectivity index (χ2n) is 9.01. The van der Waals surface area contributed by atoms with Crippen LogP contribution >= 0.6 is 0 Å². The fraction of sp³-hybridized carbons (Fsp3) is 0.609. The van der Waals surface area contributed by atoms with Crippen molar-refractivity contribution in [2.45, 2.75) is 57.2 Å². The lowest BCUT2D eigenvalue weighted by atomic mass is 9.88. The molecule has 1 aromatic rings. The summed E-state index contributed by atoms with van der Waals surface area (Å²) in [5.41, 5.74) is 2.59. The summed E-state index contributed by atoms with van der Waals surface area (Å²) in [4.78, 5) is 40.8. The van der Waals surface area contributed by atoms with Gasteiger partial charge in [-0.1, -0.05) is 6.08 Å². The van der Waals surface area contributed by atoms with Crippen molar-refractivity contribution in [3.8, 4) is 0 Å². The standard InChI is InChI=1S/C23H28N2O5/c1-30-23(29)20-17(12-26)16-11-24-18(19(16)25(20)21(27)14-7-8-14)10-9-15(22(24)28)13-5-3-2-4-6-13/h5,9-10,14,16-17,19-20,26H,2-4,6-8,11-12H2,1H3/t16-,17-,19+,20-/m0/s1. The van der Waals surface area contributed by atoms with Gasteiger partial charge < -0.3 is 19.3 Å². The molecule has 1 N–H and O–H groups in total. The van der Waals surface area contributed by atoms with Gasteiger partial charge in [0.1, 0.15) is 6.04 Å². The second kappa shape index (κ2) is 7.38. The van der Waals surface area contributed by atoms with Crippen LogP contribution in [0, 0.1) is 17.8 Å². The van der Waals surface area contributed by atoms with Crippen molar-refractivity contribution in [3.05, 3.63) is 39.8 Å². The number of ether oxygens (including phenoxy) is 1. The minimum absolute atomic E-state index is 0.0276. The first kappa shape index (κ1) is 19.5. The molecule has 1 saturated heterocycles. The van der Waals surface area contributed by atoms with Crippen LogP contribution in [0.3, 0.4) is 0 Å². The van der Waals surface area contributed by atoms with Gasteiger partial charge in [-0.3, -0.25) is 9.59 Å². The number of pyridine rings is 1. The molecule has 1 aromatic heterocycles. The van der Waals surface area contributed by atoms with Crippen molar-refractivity contribution in [1.29, 1.82) is 0 Å². The summed E-state index contributed by atoms with van der Waals surface area (Å²) in [5.74, 6) is -1.23. The topological polar surface area (TPSA) is 88.8 Å². The van der Waals surface area contributed by atoms with E-state index in [0.29, 0.717) is 6.54 Å². The smallest absolute Gasteiger partial charge is 0.328 e. The normalized spacial score (nSPS) is 29.9. The van der Waals surface area contributed by atoms with E-state index >= 15 is 0 Å². The molecule has 0 spiro atoms. The molecule has 7 heteroatoms. The van der Waals surface area contributed by atoms with Gasteiger partial charge >= 0.3 is 5.97 Å². The largest absolute Gasteiger partial charge is 0.467 e. The molecular formula is C23H28N2O5. The first-order valence-electron chi connectivity index (χ1n) is 11.0. The lowest BCUT2D eigenvalue weighted by molar-refractivity contribution is -0.154. The number of aromatic nitrogens is 1. The van der Waals surface area contributed by atoms with Crippen molar-refractivity contribution in [3.63, 3.8) is 0 Å². The minimum Gasteiger partial charge on any atom is -0.467 e. The average molecular weight is 412 g/mol. The molecule has 160 valence electrons. The Kier molecular flexibility index (Phi) is 4.81. The zero-order valence-corrected chi connectivity index (χ0v) is 17.3. The molecule has 5 rings (SSSR count). The number of fused-ring (bicyclic) bond motifs is 3. The Labute approximate surface area is 175 Å².